The van der Waals surface area contributed by atoms with Gasteiger partial charge in [0.1, 0.15) is 0 Å². The first kappa shape index (κ1) is 14.5. The zero-order valence-electron chi connectivity index (χ0n) is 11.5. The maximum Gasteiger partial charge on any atom is 0.249 e. The fourth-order valence-corrected chi connectivity index (χ4v) is 2.48. The van der Waals surface area contributed by atoms with Gasteiger partial charge in [0.15, 0.2) is 0 Å². The van der Waals surface area contributed by atoms with E-state index in [0.717, 1.165) is 21.7 Å². The van der Waals surface area contributed by atoms with Crippen molar-refractivity contribution in [2.75, 3.05) is 24.5 Å². The largest absolute Gasteiger partial charge is 0.392 e. The Labute approximate surface area is 123 Å². The van der Waals surface area contributed by atoms with Crippen LogP contribution in [0.5, 0.6) is 0 Å². The second kappa shape index (κ2) is 5.58. The number of aryl methyl sites for hydroxylation is 2. The Morgan fingerprint density at radius 2 is 1.85 bits per heavy atom. The van der Waals surface area contributed by atoms with Gasteiger partial charge in [-0.25, -0.2) is 0 Å². The molecule has 0 saturated carbocycles. The molecule has 1 fully saturated rings. The summed E-state index contributed by atoms with van der Waals surface area (Å²) in [5.41, 5.74) is 8.51. The average Bonchev–Trinajstić information content (AvgIpc) is 2.33. The molecule has 0 unspecified atom stereocenters. The average molecular weight is 291 g/mol. The number of anilines is 1. The summed E-state index contributed by atoms with van der Waals surface area (Å²) < 4.78 is 0. The summed E-state index contributed by atoms with van der Waals surface area (Å²) in [5.74, 6) is -0.539. The quantitative estimate of drug-likeness (QED) is 0.658. The summed E-state index contributed by atoms with van der Waals surface area (Å²) in [4.78, 5) is 27.2. The molecule has 0 aromatic heterocycles. The number of benzene rings is 1. The predicted octanol–water partition coefficient (Wildman–Crippen LogP) is 0.765. The van der Waals surface area contributed by atoms with Crippen LogP contribution in [0.2, 0.25) is 0 Å². The van der Waals surface area contributed by atoms with E-state index in [1.165, 1.54) is 0 Å². The number of thiocarbonyl (C=S) groups is 1. The van der Waals surface area contributed by atoms with Crippen LogP contribution in [0.25, 0.3) is 0 Å². The van der Waals surface area contributed by atoms with Gasteiger partial charge in [0.05, 0.1) is 24.6 Å². The molecule has 2 amide bonds. The van der Waals surface area contributed by atoms with Gasteiger partial charge in [0, 0.05) is 5.69 Å². The molecule has 106 valence electrons. The minimum absolute atomic E-state index is 0.0215. The van der Waals surface area contributed by atoms with Crippen molar-refractivity contribution in [2.45, 2.75) is 13.8 Å². The number of rotatable bonds is 3. The van der Waals surface area contributed by atoms with Crippen molar-refractivity contribution in [3.63, 3.8) is 0 Å². The van der Waals surface area contributed by atoms with Crippen LogP contribution in [0.4, 0.5) is 5.69 Å². The van der Waals surface area contributed by atoms with Crippen LogP contribution in [0, 0.1) is 13.8 Å². The lowest BCUT2D eigenvalue weighted by atomic mass is 10.1. The highest BCUT2D eigenvalue weighted by molar-refractivity contribution is 7.80. The highest BCUT2D eigenvalue weighted by Crippen LogP contribution is 2.23. The van der Waals surface area contributed by atoms with E-state index in [0.29, 0.717) is 0 Å². The van der Waals surface area contributed by atoms with E-state index < -0.39 is 0 Å². The van der Waals surface area contributed by atoms with Crippen molar-refractivity contribution < 1.29 is 9.59 Å². The second-order valence-electron chi connectivity index (χ2n) is 4.99. The molecule has 1 aliphatic heterocycles. The fourth-order valence-electron chi connectivity index (χ4n) is 2.35. The highest BCUT2D eigenvalue weighted by Gasteiger charge is 2.31. The minimum Gasteiger partial charge on any atom is -0.392 e. The molecule has 6 heteroatoms. The standard InChI is InChI=1S/C14H17N3O2S/c1-9-3-4-11(10(2)5-9)16-7-13(18)17(6-12(15)20)14(19)8-16/h3-5H,6-8H2,1-2H3,(H2,15,20). The predicted molar refractivity (Wildman–Crippen MR) is 81.6 cm³/mol. The summed E-state index contributed by atoms with van der Waals surface area (Å²) >= 11 is 4.76. The van der Waals surface area contributed by atoms with Gasteiger partial charge in [-0.2, -0.15) is 0 Å². The van der Waals surface area contributed by atoms with Crippen LogP contribution in [0.3, 0.4) is 0 Å². The Hall–Kier alpha value is -1.95. The first-order valence-electron chi connectivity index (χ1n) is 6.32. The van der Waals surface area contributed by atoms with E-state index in [4.69, 9.17) is 18.0 Å². The Kier molecular flexibility index (Phi) is 4.04. The number of carbonyl (C=O) groups is 2. The molecule has 0 bridgehead atoms. The zero-order valence-corrected chi connectivity index (χ0v) is 12.4. The molecule has 1 heterocycles. The van der Waals surface area contributed by atoms with Gasteiger partial charge < -0.3 is 10.6 Å². The van der Waals surface area contributed by atoms with E-state index in [1.807, 2.05) is 32.0 Å². The maximum absolute atomic E-state index is 12.1. The lowest BCUT2D eigenvalue weighted by molar-refractivity contribution is -0.144. The third-order valence-corrected chi connectivity index (χ3v) is 3.39. The van der Waals surface area contributed by atoms with Crippen LogP contribution in [0.1, 0.15) is 11.1 Å². The van der Waals surface area contributed by atoms with Gasteiger partial charge in [-0.3, -0.25) is 14.5 Å². The summed E-state index contributed by atoms with van der Waals surface area (Å²) in [6.45, 7) is 4.33. The normalized spacial score (nSPS) is 15.7. The zero-order chi connectivity index (χ0) is 14.9. The topological polar surface area (TPSA) is 66.6 Å². The molecule has 1 aromatic rings. The third kappa shape index (κ3) is 2.96. The van der Waals surface area contributed by atoms with Crippen molar-refractivity contribution >= 4 is 34.7 Å². The number of hydrogen-bond acceptors (Lipinski definition) is 4. The Balaban J connectivity index is 2.20. The molecule has 1 saturated heterocycles. The van der Waals surface area contributed by atoms with Gasteiger partial charge in [-0.1, -0.05) is 29.9 Å². The summed E-state index contributed by atoms with van der Waals surface area (Å²) in [7, 11) is 0. The van der Waals surface area contributed by atoms with Crippen molar-refractivity contribution in [2.24, 2.45) is 5.73 Å². The van der Waals surface area contributed by atoms with Gasteiger partial charge in [0.25, 0.3) is 0 Å². The second-order valence-corrected chi connectivity index (χ2v) is 5.51. The minimum atomic E-state index is -0.269. The number of nitrogens with zero attached hydrogens (tertiary/aromatic N) is 2. The monoisotopic (exact) mass is 291 g/mol. The first-order valence-corrected chi connectivity index (χ1v) is 6.73. The van der Waals surface area contributed by atoms with Crippen molar-refractivity contribution in [1.29, 1.82) is 0 Å². The number of amides is 2. The lowest BCUT2D eigenvalue weighted by Crippen LogP contribution is -2.56. The molecule has 0 spiro atoms. The Bertz CT molecular complexity index is 568. The van der Waals surface area contributed by atoms with Crippen LogP contribution >= 0.6 is 12.2 Å². The lowest BCUT2D eigenvalue weighted by Gasteiger charge is -2.34. The Morgan fingerprint density at radius 1 is 1.25 bits per heavy atom. The van der Waals surface area contributed by atoms with Gasteiger partial charge in [-0.05, 0) is 25.5 Å². The van der Waals surface area contributed by atoms with E-state index in [1.54, 1.807) is 4.90 Å². The molecule has 0 atom stereocenters. The molecule has 0 radical (unpaired) electrons. The maximum atomic E-state index is 12.1. The third-order valence-electron chi connectivity index (χ3n) is 3.26. The summed E-state index contributed by atoms with van der Waals surface area (Å²) in [6.07, 6.45) is 0. The highest BCUT2D eigenvalue weighted by atomic mass is 32.1. The van der Waals surface area contributed by atoms with Crippen LogP contribution < -0.4 is 10.6 Å². The van der Waals surface area contributed by atoms with Crippen LogP contribution in [0.15, 0.2) is 18.2 Å². The van der Waals surface area contributed by atoms with Gasteiger partial charge in [-0.15, -0.1) is 0 Å². The van der Waals surface area contributed by atoms with E-state index in [-0.39, 0.29) is 36.4 Å². The van der Waals surface area contributed by atoms with Crippen LogP contribution in [-0.2, 0) is 9.59 Å². The molecule has 0 aliphatic carbocycles. The first-order chi connectivity index (χ1) is 9.38. The van der Waals surface area contributed by atoms with E-state index in [2.05, 4.69) is 0 Å². The van der Waals surface area contributed by atoms with Crippen LogP contribution in [-0.4, -0.2) is 41.3 Å². The smallest absolute Gasteiger partial charge is 0.249 e. The molecule has 5 nitrogen and oxygen atoms in total. The number of imide groups is 1. The van der Waals surface area contributed by atoms with E-state index >= 15 is 0 Å². The molecule has 2 rings (SSSR count). The molecule has 2 N–H and O–H groups in total. The number of hydrogen-bond donors (Lipinski definition) is 1. The van der Waals surface area contributed by atoms with E-state index in [9.17, 15) is 9.59 Å². The van der Waals surface area contributed by atoms with Gasteiger partial charge in [0.2, 0.25) is 11.8 Å². The Morgan fingerprint density at radius 3 is 2.35 bits per heavy atom. The summed E-state index contributed by atoms with van der Waals surface area (Å²) in [6, 6.07) is 5.94. The molecular weight excluding hydrogens is 274 g/mol. The van der Waals surface area contributed by atoms with Crippen molar-refractivity contribution in [3.05, 3.63) is 29.3 Å². The van der Waals surface area contributed by atoms with Crippen molar-refractivity contribution in [3.8, 4) is 0 Å². The molecular formula is C14H17N3O2S. The molecule has 1 aliphatic rings. The number of nitrogens with two attached hydrogens (primary N) is 1. The van der Waals surface area contributed by atoms with Crippen molar-refractivity contribution in [1.82, 2.24) is 4.90 Å². The van der Waals surface area contributed by atoms with Gasteiger partial charge >= 0.3 is 0 Å². The molecule has 20 heavy (non-hydrogen) atoms. The summed E-state index contributed by atoms with van der Waals surface area (Å²) in [5, 5.41) is 0. The molecule has 1 aromatic carbocycles. The number of piperazine rings is 1. The SMILES string of the molecule is Cc1ccc(N2CC(=O)N(CC(N)=S)C(=O)C2)c(C)c1. The fraction of sp³-hybridized carbons (Fsp3) is 0.357. The number of carbonyl (C=O) groups excluding carboxylic acids is 2.